The number of likely N-dealkylation sites (tertiary alicyclic amines) is 1. The van der Waals surface area contributed by atoms with Crippen LogP contribution < -0.4 is 5.32 Å². The molecule has 1 aromatic rings. The van der Waals surface area contributed by atoms with Crippen LogP contribution in [-0.2, 0) is 16.0 Å². The quantitative estimate of drug-likeness (QED) is 0.731. The number of nitrogens with zero attached hydrogens (tertiary/aromatic N) is 1. The summed E-state index contributed by atoms with van der Waals surface area (Å²) in [5.41, 5.74) is 1.45. The summed E-state index contributed by atoms with van der Waals surface area (Å²) in [6.45, 7) is 8.60. The number of carbonyl (C=O) groups excluding carboxylic acids is 2. The molecule has 6 heteroatoms. The Kier molecular flexibility index (Phi) is 5.06. The molecule has 0 aliphatic carbocycles. The molecular formula is C18H26N2O4. The Bertz CT molecular complexity index is 649. The van der Waals surface area contributed by atoms with Crippen molar-refractivity contribution in [3.63, 3.8) is 0 Å². The number of rotatable bonds is 4. The molecule has 2 amide bonds. The van der Waals surface area contributed by atoms with Gasteiger partial charge >= 0.3 is 0 Å². The van der Waals surface area contributed by atoms with Crippen molar-refractivity contribution in [1.82, 2.24) is 10.2 Å². The largest absolute Gasteiger partial charge is 0.504 e. The molecule has 2 rings (SSSR count). The van der Waals surface area contributed by atoms with Gasteiger partial charge in [-0.1, -0.05) is 0 Å². The van der Waals surface area contributed by atoms with Crippen LogP contribution in [-0.4, -0.2) is 45.6 Å². The second-order valence-electron chi connectivity index (χ2n) is 7.38. The normalized spacial score (nSPS) is 18.1. The molecule has 24 heavy (non-hydrogen) atoms. The molecule has 1 heterocycles. The van der Waals surface area contributed by atoms with Gasteiger partial charge in [-0.25, -0.2) is 0 Å². The highest BCUT2D eigenvalue weighted by Crippen LogP contribution is 2.28. The lowest BCUT2D eigenvalue weighted by atomic mass is 10.0. The fourth-order valence-corrected chi connectivity index (χ4v) is 2.99. The molecule has 0 radical (unpaired) electrons. The third-order valence-electron chi connectivity index (χ3n) is 4.43. The minimum Gasteiger partial charge on any atom is -0.504 e. The van der Waals surface area contributed by atoms with Crippen molar-refractivity contribution in [2.24, 2.45) is 5.92 Å². The van der Waals surface area contributed by atoms with Crippen LogP contribution in [0.1, 0.15) is 38.3 Å². The van der Waals surface area contributed by atoms with E-state index in [-0.39, 0.29) is 41.2 Å². The van der Waals surface area contributed by atoms with E-state index in [1.54, 1.807) is 4.90 Å². The van der Waals surface area contributed by atoms with Crippen molar-refractivity contribution < 1.29 is 19.8 Å². The van der Waals surface area contributed by atoms with E-state index in [2.05, 4.69) is 5.32 Å². The minimum absolute atomic E-state index is 0.0157. The molecular weight excluding hydrogens is 308 g/mol. The van der Waals surface area contributed by atoms with Crippen molar-refractivity contribution in [3.05, 3.63) is 23.3 Å². The fourth-order valence-electron chi connectivity index (χ4n) is 2.99. The molecule has 3 N–H and O–H groups in total. The molecule has 1 atom stereocenters. The van der Waals surface area contributed by atoms with E-state index in [0.29, 0.717) is 19.5 Å². The summed E-state index contributed by atoms with van der Waals surface area (Å²) >= 11 is 0. The number of aryl methyl sites for hydroxylation is 1. The molecule has 1 fully saturated rings. The Morgan fingerprint density at radius 1 is 1.29 bits per heavy atom. The van der Waals surface area contributed by atoms with Crippen molar-refractivity contribution in [2.45, 2.75) is 46.1 Å². The summed E-state index contributed by atoms with van der Waals surface area (Å²) in [7, 11) is 0. The molecule has 1 saturated heterocycles. The first kappa shape index (κ1) is 18.1. The van der Waals surface area contributed by atoms with Crippen LogP contribution in [0.25, 0.3) is 0 Å². The lowest BCUT2D eigenvalue weighted by molar-refractivity contribution is -0.132. The van der Waals surface area contributed by atoms with Gasteiger partial charge in [0, 0.05) is 25.0 Å². The summed E-state index contributed by atoms with van der Waals surface area (Å²) in [5, 5.41) is 21.9. The second-order valence-corrected chi connectivity index (χ2v) is 7.38. The Labute approximate surface area is 142 Å². The van der Waals surface area contributed by atoms with E-state index in [1.165, 1.54) is 12.1 Å². The smallest absolute Gasteiger partial charge is 0.225 e. The first-order valence-corrected chi connectivity index (χ1v) is 8.19. The Morgan fingerprint density at radius 3 is 2.50 bits per heavy atom. The van der Waals surface area contributed by atoms with E-state index in [9.17, 15) is 19.8 Å². The van der Waals surface area contributed by atoms with E-state index in [4.69, 9.17) is 0 Å². The highest BCUT2D eigenvalue weighted by molar-refractivity contribution is 5.89. The SMILES string of the molecule is Cc1cc(O)c(O)cc1CCNC(=O)C1CC(=O)N(C(C)(C)C)C1. The lowest BCUT2D eigenvalue weighted by Crippen LogP contribution is -2.43. The van der Waals surface area contributed by atoms with Crippen LogP contribution in [0.5, 0.6) is 11.5 Å². The van der Waals surface area contributed by atoms with Gasteiger partial charge in [0.15, 0.2) is 11.5 Å². The lowest BCUT2D eigenvalue weighted by Gasteiger charge is -2.31. The summed E-state index contributed by atoms with van der Waals surface area (Å²) in [5.74, 6) is -0.722. The third kappa shape index (κ3) is 3.99. The van der Waals surface area contributed by atoms with Crippen LogP contribution >= 0.6 is 0 Å². The summed E-state index contributed by atoms with van der Waals surface area (Å²) in [6, 6.07) is 3.01. The molecule has 1 unspecified atom stereocenters. The molecule has 1 aliphatic heterocycles. The molecule has 0 bridgehead atoms. The predicted octanol–water partition coefficient (Wildman–Crippen LogP) is 1.71. The molecule has 1 aromatic carbocycles. The summed E-state index contributed by atoms with van der Waals surface area (Å²) in [4.78, 5) is 26.1. The monoisotopic (exact) mass is 334 g/mol. The standard InChI is InChI=1S/C18H26N2O4/c1-11-7-14(21)15(22)8-12(11)5-6-19-17(24)13-9-16(23)20(10-13)18(2,3)4/h7-8,13,21-22H,5-6,9-10H2,1-4H3,(H,19,24). The highest BCUT2D eigenvalue weighted by Gasteiger charge is 2.39. The van der Waals surface area contributed by atoms with Gasteiger partial charge in [-0.05, 0) is 57.4 Å². The van der Waals surface area contributed by atoms with Gasteiger partial charge in [-0.2, -0.15) is 0 Å². The van der Waals surface area contributed by atoms with E-state index >= 15 is 0 Å². The van der Waals surface area contributed by atoms with E-state index in [0.717, 1.165) is 11.1 Å². The van der Waals surface area contributed by atoms with Crippen LogP contribution in [0, 0.1) is 12.8 Å². The molecule has 132 valence electrons. The van der Waals surface area contributed by atoms with Gasteiger partial charge in [-0.3, -0.25) is 9.59 Å². The van der Waals surface area contributed by atoms with Crippen molar-refractivity contribution in [3.8, 4) is 11.5 Å². The summed E-state index contributed by atoms with van der Waals surface area (Å²) in [6.07, 6.45) is 0.803. The van der Waals surface area contributed by atoms with Gasteiger partial charge in [-0.15, -0.1) is 0 Å². The number of phenols is 2. The maximum Gasteiger partial charge on any atom is 0.225 e. The zero-order valence-electron chi connectivity index (χ0n) is 14.7. The highest BCUT2D eigenvalue weighted by atomic mass is 16.3. The van der Waals surface area contributed by atoms with Gasteiger partial charge in [0.05, 0.1) is 5.92 Å². The van der Waals surface area contributed by atoms with Gasteiger partial charge < -0.3 is 20.4 Å². The Morgan fingerprint density at radius 2 is 1.92 bits per heavy atom. The van der Waals surface area contributed by atoms with Crippen LogP contribution in [0.4, 0.5) is 0 Å². The molecule has 1 aliphatic rings. The first-order valence-electron chi connectivity index (χ1n) is 8.19. The zero-order valence-corrected chi connectivity index (χ0v) is 14.7. The first-order chi connectivity index (χ1) is 11.1. The molecule has 6 nitrogen and oxygen atoms in total. The van der Waals surface area contributed by atoms with Crippen LogP contribution in [0.3, 0.4) is 0 Å². The maximum atomic E-state index is 12.3. The van der Waals surface area contributed by atoms with E-state index in [1.807, 2.05) is 27.7 Å². The van der Waals surface area contributed by atoms with Gasteiger partial charge in [0.2, 0.25) is 11.8 Å². The number of phenolic OH excluding ortho intramolecular Hbond substituents is 2. The zero-order chi connectivity index (χ0) is 18.1. The predicted molar refractivity (Wildman–Crippen MR) is 90.8 cm³/mol. The number of nitrogens with one attached hydrogen (secondary N) is 1. The minimum atomic E-state index is -0.314. The van der Waals surface area contributed by atoms with E-state index < -0.39 is 0 Å². The Balaban J connectivity index is 1.89. The fraction of sp³-hybridized carbons (Fsp3) is 0.556. The van der Waals surface area contributed by atoms with Crippen LogP contribution in [0.15, 0.2) is 12.1 Å². The number of benzene rings is 1. The maximum absolute atomic E-state index is 12.3. The molecule has 0 saturated carbocycles. The van der Waals surface area contributed by atoms with Gasteiger partial charge in [0.1, 0.15) is 0 Å². The average Bonchev–Trinajstić information content (AvgIpc) is 2.86. The number of carbonyl (C=O) groups is 2. The number of hydrogen-bond donors (Lipinski definition) is 3. The topological polar surface area (TPSA) is 89.9 Å². The number of hydrogen-bond acceptors (Lipinski definition) is 4. The molecule has 0 spiro atoms. The number of aromatic hydroxyl groups is 2. The summed E-state index contributed by atoms with van der Waals surface area (Å²) < 4.78 is 0. The van der Waals surface area contributed by atoms with Crippen LogP contribution in [0.2, 0.25) is 0 Å². The third-order valence-corrected chi connectivity index (χ3v) is 4.43. The Hall–Kier alpha value is -2.24. The van der Waals surface area contributed by atoms with Gasteiger partial charge in [0.25, 0.3) is 0 Å². The molecule has 0 aromatic heterocycles. The van der Waals surface area contributed by atoms with Crippen molar-refractivity contribution in [1.29, 1.82) is 0 Å². The average molecular weight is 334 g/mol. The number of amides is 2. The second kappa shape index (κ2) is 6.71. The van der Waals surface area contributed by atoms with Crippen molar-refractivity contribution >= 4 is 11.8 Å². The van der Waals surface area contributed by atoms with Crippen molar-refractivity contribution in [2.75, 3.05) is 13.1 Å².